The van der Waals surface area contributed by atoms with Gasteiger partial charge in [0, 0.05) is 19.7 Å². The van der Waals surface area contributed by atoms with E-state index in [1.165, 1.54) is 31.2 Å². The third-order valence-corrected chi connectivity index (χ3v) is 4.55. The second-order valence-electron chi connectivity index (χ2n) is 6.28. The predicted octanol–water partition coefficient (Wildman–Crippen LogP) is 3.29. The molecule has 0 spiro atoms. The van der Waals surface area contributed by atoms with Crippen molar-refractivity contribution >= 4 is 0 Å². The van der Waals surface area contributed by atoms with Crippen molar-refractivity contribution < 1.29 is 14.2 Å². The zero-order valence-electron chi connectivity index (χ0n) is 13.5. The van der Waals surface area contributed by atoms with E-state index in [0.717, 1.165) is 44.0 Å². The smallest absolute Gasteiger partial charge is 0.161 e. The van der Waals surface area contributed by atoms with Gasteiger partial charge in [0.15, 0.2) is 11.5 Å². The van der Waals surface area contributed by atoms with Gasteiger partial charge in [-0.05, 0) is 56.2 Å². The average molecular weight is 305 g/mol. The van der Waals surface area contributed by atoms with Gasteiger partial charge in [0.1, 0.15) is 0 Å². The molecule has 1 aliphatic heterocycles. The molecule has 1 saturated carbocycles. The molecular formula is C18H27NO3. The van der Waals surface area contributed by atoms with Crippen molar-refractivity contribution in [3.8, 4) is 11.5 Å². The van der Waals surface area contributed by atoms with Crippen LogP contribution in [0.25, 0.3) is 0 Å². The fourth-order valence-electron chi connectivity index (χ4n) is 3.29. The van der Waals surface area contributed by atoms with E-state index in [9.17, 15) is 0 Å². The van der Waals surface area contributed by atoms with Gasteiger partial charge < -0.3 is 19.5 Å². The first kappa shape index (κ1) is 15.6. The normalized spacial score (nSPS) is 22.1. The van der Waals surface area contributed by atoms with Crippen LogP contribution in [-0.2, 0) is 11.3 Å². The van der Waals surface area contributed by atoms with Crippen LogP contribution in [0.1, 0.15) is 44.1 Å². The quantitative estimate of drug-likeness (QED) is 0.839. The summed E-state index contributed by atoms with van der Waals surface area (Å²) in [4.78, 5) is 0. The minimum Gasteiger partial charge on any atom is -0.493 e. The first-order chi connectivity index (χ1) is 10.8. The van der Waals surface area contributed by atoms with E-state index in [4.69, 9.17) is 14.2 Å². The summed E-state index contributed by atoms with van der Waals surface area (Å²) in [5, 5.41) is 3.47. The molecule has 0 unspecified atom stereocenters. The van der Waals surface area contributed by atoms with Gasteiger partial charge in [-0.1, -0.05) is 6.07 Å². The lowest BCUT2D eigenvalue weighted by Gasteiger charge is -2.17. The monoisotopic (exact) mass is 305 g/mol. The maximum atomic E-state index is 6.07. The van der Waals surface area contributed by atoms with Gasteiger partial charge in [0.05, 0.1) is 19.3 Å². The molecule has 2 aliphatic rings. The van der Waals surface area contributed by atoms with Crippen LogP contribution in [0.3, 0.4) is 0 Å². The van der Waals surface area contributed by atoms with Crippen molar-refractivity contribution in [2.24, 2.45) is 0 Å². The van der Waals surface area contributed by atoms with Crippen LogP contribution < -0.4 is 14.8 Å². The van der Waals surface area contributed by atoms with E-state index < -0.39 is 0 Å². The third-order valence-electron chi connectivity index (χ3n) is 4.55. The van der Waals surface area contributed by atoms with Crippen molar-refractivity contribution in [2.45, 2.75) is 57.3 Å². The molecule has 1 atom stereocenters. The minimum atomic E-state index is 0.359. The maximum Gasteiger partial charge on any atom is 0.161 e. The van der Waals surface area contributed by atoms with Crippen LogP contribution in [0.15, 0.2) is 18.2 Å². The van der Waals surface area contributed by atoms with E-state index >= 15 is 0 Å². The number of ether oxygens (including phenoxy) is 3. The lowest BCUT2D eigenvalue weighted by molar-refractivity contribution is 0.110. The Morgan fingerprint density at radius 2 is 2.00 bits per heavy atom. The Hall–Kier alpha value is -1.26. The van der Waals surface area contributed by atoms with Crippen LogP contribution in [-0.4, -0.2) is 32.5 Å². The summed E-state index contributed by atoms with van der Waals surface area (Å²) < 4.78 is 17.2. The molecule has 0 bridgehead atoms. The summed E-state index contributed by atoms with van der Waals surface area (Å²) in [6.45, 7) is 2.66. The number of nitrogens with one attached hydrogen (secondary N) is 1. The second-order valence-corrected chi connectivity index (χ2v) is 6.28. The minimum absolute atomic E-state index is 0.359. The van der Waals surface area contributed by atoms with E-state index in [1.807, 2.05) is 6.07 Å². The molecule has 22 heavy (non-hydrogen) atoms. The Balaban J connectivity index is 1.53. The molecule has 2 fully saturated rings. The van der Waals surface area contributed by atoms with Gasteiger partial charge in [-0.2, -0.15) is 0 Å². The number of methoxy groups -OCH3 is 1. The van der Waals surface area contributed by atoms with Gasteiger partial charge in [-0.3, -0.25) is 0 Å². The Labute approximate surface area is 133 Å². The zero-order valence-corrected chi connectivity index (χ0v) is 13.5. The number of hydrogen-bond acceptors (Lipinski definition) is 4. The van der Waals surface area contributed by atoms with Crippen LogP contribution in [0, 0.1) is 0 Å². The molecule has 1 aromatic carbocycles. The molecule has 4 heteroatoms. The third kappa shape index (κ3) is 4.14. The number of benzene rings is 1. The lowest BCUT2D eigenvalue weighted by atomic mass is 10.2. The zero-order chi connectivity index (χ0) is 15.2. The SMILES string of the molecule is COc1cc(CNC[C@@H]2CCCO2)ccc1OC1CCCC1. The topological polar surface area (TPSA) is 39.7 Å². The Morgan fingerprint density at radius 1 is 1.14 bits per heavy atom. The van der Waals surface area contributed by atoms with Crippen molar-refractivity contribution in [3.63, 3.8) is 0 Å². The maximum absolute atomic E-state index is 6.07. The van der Waals surface area contributed by atoms with Gasteiger partial charge >= 0.3 is 0 Å². The van der Waals surface area contributed by atoms with Gasteiger partial charge in [-0.15, -0.1) is 0 Å². The van der Waals surface area contributed by atoms with Crippen molar-refractivity contribution in [3.05, 3.63) is 23.8 Å². The van der Waals surface area contributed by atoms with Crippen molar-refractivity contribution in [1.82, 2.24) is 5.32 Å². The molecule has 0 aromatic heterocycles. The lowest BCUT2D eigenvalue weighted by Crippen LogP contribution is -2.25. The van der Waals surface area contributed by atoms with Crippen LogP contribution in [0.5, 0.6) is 11.5 Å². The Bertz CT molecular complexity index is 465. The van der Waals surface area contributed by atoms with Crippen molar-refractivity contribution in [1.29, 1.82) is 0 Å². The molecule has 1 heterocycles. The Morgan fingerprint density at radius 3 is 2.73 bits per heavy atom. The summed E-state index contributed by atoms with van der Waals surface area (Å²) in [5.41, 5.74) is 1.22. The number of hydrogen-bond donors (Lipinski definition) is 1. The van der Waals surface area contributed by atoms with E-state index in [2.05, 4.69) is 17.4 Å². The summed E-state index contributed by atoms with van der Waals surface area (Å²) >= 11 is 0. The van der Waals surface area contributed by atoms with Crippen molar-refractivity contribution in [2.75, 3.05) is 20.3 Å². The largest absolute Gasteiger partial charge is 0.493 e. The Kier molecular flexibility index (Phi) is 5.57. The molecule has 3 rings (SSSR count). The highest BCUT2D eigenvalue weighted by Gasteiger charge is 2.18. The van der Waals surface area contributed by atoms with Gasteiger partial charge in [0.25, 0.3) is 0 Å². The fourth-order valence-corrected chi connectivity index (χ4v) is 3.29. The highest BCUT2D eigenvalue weighted by molar-refractivity contribution is 5.43. The molecule has 1 N–H and O–H groups in total. The van der Waals surface area contributed by atoms with Crippen LogP contribution >= 0.6 is 0 Å². The van der Waals surface area contributed by atoms with Crippen LogP contribution in [0.2, 0.25) is 0 Å². The number of rotatable bonds is 7. The van der Waals surface area contributed by atoms with E-state index in [0.29, 0.717) is 12.2 Å². The molecule has 1 aliphatic carbocycles. The highest BCUT2D eigenvalue weighted by Crippen LogP contribution is 2.32. The molecular weight excluding hydrogens is 278 g/mol. The first-order valence-electron chi connectivity index (χ1n) is 8.51. The van der Waals surface area contributed by atoms with Gasteiger partial charge in [0.2, 0.25) is 0 Å². The van der Waals surface area contributed by atoms with Gasteiger partial charge in [-0.25, -0.2) is 0 Å². The molecule has 0 amide bonds. The highest BCUT2D eigenvalue weighted by atomic mass is 16.5. The average Bonchev–Trinajstić information content (AvgIpc) is 3.22. The summed E-state index contributed by atoms with van der Waals surface area (Å²) in [7, 11) is 1.71. The van der Waals surface area contributed by atoms with E-state index in [-0.39, 0.29) is 0 Å². The second kappa shape index (κ2) is 7.84. The molecule has 1 aromatic rings. The summed E-state index contributed by atoms with van der Waals surface area (Å²) in [5.74, 6) is 1.71. The van der Waals surface area contributed by atoms with Crippen LogP contribution in [0.4, 0.5) is 0 Å². The standard InChI is InChI=1S/C18H27NO3/c1-20-18-11-14(12-19-13-16-7-4-10-21-16)8-9-17(18)22-15-5-2-3-6-15/h8-9,11,15-16,19H,2-7,10,12-13H2,1H3/t16-/m0/s1. The molecule has 0 radical (unpaired) electrons. The summed E-state index contributed by atoms with van der Waals surface area (Å²) in [6.07, 6.45) is 7.97. The molecule has 1 saturated heterocycles. The predicted molar refractivity (Wildman–Crippen MR) is 86.6 cm³/mol. The fraction of sp³-hybridized carbons (Fsp3) is 0.667. The molecule has 122 valence electrons. The van der Waals surface area contributed by atoms with E-state index in [1.54, 1.807) is 7.11 Å². The summed E-state index contributed by atoms with van der Waals surface area (Å²) in [6, 6.07) is 6.24. The first-order valence-corrected chi connectivity index (χ1v) is 8.51. The molecule has 4 nitrogen and oxygen atoms in total.